The Hall–Kier alpha value is -4.95. The van der Waals surface area contributed by atoms with E-state index in [1.807, 2.05) is 4.90 Å². The summed E-state index contributed by atoms with van der Waals surface area (Å²) in [6.45, 7) is 3.10. The molecule has 0 spiro atoms. The van der Waals surface area contributed by atoms with Gasteiger partial charge in [-0.15, -0.1) is 0 Å². The molecule has 0 unspecified atom stereocenters. The van der Waals surface area contributed by atoms with Crippen LogP contribution in [0.5, 0.6) is 0 Å². The minimum absolute atomic E-state index is 0.136. The average molecular weight is 1240 g/mol. The van der Waals surface area contributed by atoms with Gasteiger partial charge in [0.05, 0.1) is 58.5 Å². The largest absolute Gasteiger partial charge is 0.356 e. The van der Waals surface area contributed by atoms with Crippen molar-refractivity contribution in [3.63, 3.8) is 0 Å². The van der Waals surface area contributed by atoms with Gasteiger partial charge < -0.3 is 20.0 Å². The number of carbonyl (C=O) groups is 2. The van der Waals surface area contributed by atoms with Crippen molar-refractivity contribution in [3.05, 3.63) is 109 Å². The van der Waals surface area contributed by atoms with Gasteiger partial charge in [-0.3, -0.25) is 19.0 Å². The van der Waals surface area contributed by atoms with E-state index in [-0.39, 0.29) is 57.2 Å². The molecule has 8 heterocycles. The van der Waals surface area contributed by atoms with E-state index in [0.717, 1.165) is 51.2 Å². The van der Waals surface area contributed by atoms with Crippen LogP contribution in [0, 0.1) is 11.8 Å². The highest BCUT2D eigenvalue weighted by molar-refractivity contribution is 7.92. The fourth-order valence-corrected chi connectivity index (χ4v) is 12.3. The number of fused-ring (bicyclic) bond motifs is 2. The molecule has 4 aliphatic heterocycles. The Morgan fingerprint density at radius 1 is 0.608 bits per heavy atom. The van der Waals surface area contributed by atoms with Crippen molar-refractivity contribution in [2.45, 2.75) is 89.1 Å². The van der Waals surface area contributed by atoms with Crippen LogP contribution in [0.15, 0.2) is 60.7 Å². The van der Waals surface area contributed by atoms with Gasteiger partial charge in [0.15, 0.2) is 11.3 Å². The number of alkyl halides is 4. The fourth-order valence-electron chi connectivity index (χ4n) is 10.2. The molecule has 3 N–H and O–H groups in total. The van der Waals surface area contributed by atoms with Crippen LogP contribution in [0.4, 0.5) is 34.8 Å². The maximum Gasteiger partial charge on any atom is 0.256 e. The zero-order valence-corrected chi connectivity index (χ0v) is 48.2. The highest BCUT2D eigenvalue weighted by Gasteiger charge is 2.35. The first-order valence-electron chi connectivity index (χ1n) is 25.4. The number of halogens is 9. The van der Waals surface area contributed by atoms with Crippen LogP contribution in [0.25, 0.3) is 11.3 Å². The normalized spacial score (nSPS) is 20.2. The quantitative estimate of drug-likeness (QED) is 0.0818. The van der Waals surface area contributed by atoms with Gasteiger partial charge >= 0.3 is 0 Å². The molecular formula is C50H57Cl5F4N12O6S2. The summed E-state index contributed by atoms with van der Waals surface area (Å²) in [4.78, 5) is 41.1. The van der Waals surface area contributed by atoms with Gasteiger partial charge in [0.2, 0.25) is 32.9 Å². The molecule has 4 fully saturated rings. The molecule has 6 aromatic rings. The molecule has 0 aliphatic carbocycles. The standard InChI is InChI=1S/C25H28Cl2F2N6O3S.C19H18Cl3N5O3S.C6H11F2N/c1-39(37,38)32-18-8-7-16(26)11-17(18)25(36)34-10-3-2-6-20(34)19-12-22-30-21(27)13-23(35(22)31-19)33-9-4-5-15(14-33)24(28)29;1-31(29,30)25-13-6-5-11(20)8-12(13)19(28)26-7-3-2-4-15(26)14-9-18-23-16(21)10-17(22)27(18)24-14;7-6(8)5-2-1-3-9-4-5/h7-8,11-13,15,20,24,32H,2-6,9-10,14H2,1H3;5-6,8-10,15,25H,2-4,7H2,1H3;5-6,9H,1-4H2/t15-,20+;15-;5-/m101/s1. The molecular weight excluding hydrogens is 1180 g/mol. The molecule has 4 aromatic heterocycles. The lowest BCUT2D eigenvalue weighted by molar-refractivity contribution is 0.0600. The summed E-state index contributed by atoms with van der Waals surface area (Å²) in [5.41, 5.74) is 2.77. The minimum Gasteiger partial charge on any atom is -0.356 e. The number of amides is 2. The first-order chi connectivity index (χ1) is 37.4. The third kappa shape index (κ3) is 15.3. The Morgan fingerprint density at radius 3 is 1.58 bits per heavy atom. The van der Waals surface area contributed by atoms with Gasteiger partial charge in [0, 0.05) is 78.9 Å². The van der Waals surface area contributed by atoms with E-state index in [0.29, 0.717) is 102 Å². The van der Waals surface area contributed by atoms with E-state index in [4.69, 9.17) is 63.1 Å². The number of aromatic nitrogens is 6. The number of anilines is 3. The number of sulfonamides is 2. The summed E-state index contributed by atoms with van der Waals surface area (Å²) in [6.07, 6.45) is 4.83. The Kier molecular flexibility index (Phi) is 19.7. The van der Waals surface area contributed by atoms with Gasteiger partial charge in [-0.2, -0.15) is 14.7 Å². The Bertz CT molecular complexity index is 3410. The monoisotopic (exact) mass is 1240 g/mol. The van der Waals surface area contributed by atoms with Crippen molar-refractivity contribution in [1.29, 1.82) is 0 Å². The Morgan fingerprint density at radius 2 is 1.10 bits per heavy atom. The predicted molar refractivity (Wildman–Crippen MR) is 299 cm³/mol. The first kappa shape index (κ1) is 60.2. The number of piperidine rings is 4. The highest BCUT2D eigenvalue weighted by atomic mass is 35.5. The number of rotatable bonds is 11. The molecule has 0 bridgehead atoms. The lowest BCUT2D eigenvalue weighted by atomic mass is 9.98. The van der Waals surface area contributed by atoms with Gasteiger partial charge in [-0.1, -0.05) is 58.0 Å². The molecule has 79 heavy (non-hydrogen) atoms. The van der Waals surface area contributed by atoms with Crippen LogP contribution >= 0.6 is 58.0 Å². The van der Waals surface area contributed by atoms with Crippen molar-refractivity contribution in [2.24, 2.45) is 11.8 Å². The second-order valence-corrected chi connectivity index (χ2v) is 25.3. The van der Waals surface area contributed by atoms with Crippen LogP contribution in [-0.2, 0) is 20.0 Å². The molecule has 18 nitrogen and oxygen atoms in total. The van der Waals surface area contributed by atoms with E-state index >= 15 is 0 Å². The number of likely N-dealkylation sites (tertiary alicyclic amines) is 2. The number of nitrogens with zero attached hydrogens (tertiary/aromatic N) is 9. The molecule has 4 saturated heterocycles. The minimum atomic E-state index is -3.64. The van der Waals surface area contributed by atoms with E-state index < -0.39 is 50.8 Å². The highest BCUT2D eigenvalue weighted by Crippen LogP contribution is 2.38. The summed E-state index contributed by atoms with van der Waals surface area (Å²) in [5, 5.41) is 13.7. The lowest BCUT2D eigenvalue weighted by Gasteiger charge is -2.35. The molecule has 428 valence electrons. The van der Waals surface area contributed by atoms with Gasteiger partial charge in [-0.25, -0.2) is 48.9 Å². The van der Waals surface area contributed by atoms with Crippen LogP contribution in [-0.4, -0.2) is 132 Å². The topological polar surface area (TPSA) is 209 Å². The van der Waals surface area contributed by atoms with Crippen molar-refractivity contribution < 1.29 is 44.0 Å². The Balaban J connectivity index is 0.000000183. The second kappa shape index (κ2) is 25.9. The van der Waals surface area contributed by atoms with Gasteiger partial charge in [0.25, 0.3) is 11.8 Å². The van der Waals surface area contributed by atoms with Crippen molar-refractivity contribution in [1.82, 2.24) is 44.3 Å². The Labute approximate surface area is 479 Å². The lowest BCUT2D eigenvalue weighted by Crippen LogP contribution is -2.39. The predicted octanol–water partition coefficient (Wildman–Crippen LogP) is 10.9. The molecule has 0 radical (unpaired) electrons. The SMILES string of the molecule is CS(=O)(=O)Nc1ccc(Cl)cc1C(=O)N1CCCC[C@H]1c1cc2nc(Cl)cc(Cl)n2n1.CS(=O)(=O)Nc1ccc(Cl)cc1C(=O)N1CCCC[C@H]1c1cc2nc(Cl)cc(N3CCC[C@@H](C(F)F)C3)n2n1.FC(F)[C@@H]1CCCNC1. The summed E-state index contributed by atoms with van der Waals surface area (Å²) >= 11 is 30.8. The van der Waals surface area contributed by atoms with Crippen molar-refractivity contribution >= 4 is 118 Å². The molecule has 0 saturated carbocycles. The molecule has 2 amide bonds. The van der Waals surface area contributed by atoms with Crippen molar-refractivity contribution in [3.8, 4) is 0 Å². The number of carbonyl (C=O) groups excluding carboxylic acids is 2. The van der Waals surface area contributed by atoms with Crippen LogP contribution < -0.4 is 19.7 Å². The maximum absolute atomic E-state index is 13.8. The maximum atomic E-state index is 13.8. The zero-order chi connectivity index (χ0) is 56.9. The first-order valence-corrected chi connectivity index (χ1v) is 31.1. The van der Waals surface area contributed by atoms with Crippen LogP contribution in [0.2, 0.25) is 25.5 Å². The molecule has 10 rings (SSSR count). The molecule has 4 aliphatic rings. The van der Waals surface area contributed by atoms with Gasteiger partial charge in [-0.05, 0) is 107 Å². The zero-order valence-electron chi connectivity index (χ0n) is 42.7. The summed E-state index contributed by atoms with van der Waals surface area (Å²) in [5.74, 6) is -1.28. The number of benzene rings is 2. The smallest absolute Gasteiger partial charge is 0.256 e. The summed E-state index contributed by atoms with van der Waals surface area (Å²) in [6, 6.07) is 14.8. The number of hydrogen-bond donors (Lipinski definition) is 3. The molecule has 29 heteroatoms. The van der Waals surface area contributed by atoms with E-state index in [1.54, 1.807) is 32.5 Å². The van der Waals surface area contributed by atoms with E-state index in [9.17, 15) is 44.0 Å². The number of nitrogens with one attached hydrogen (secondary N) is 3. The van der Waals surface area contributed by atoms with Gasteiger partial charge in [0.1, 0.15) is 21.3 Å². The average Bonchev–Trinajstić information content (AvgIpc) is 4.29. The third-order valence-electron chi connectivity index (χ3n) is 13.8. The molecule has 4 atom stereocenters. The fraction of sp³-hybridized carbons (Fsp3) is 0.480. The second-order valence-electron chi connectivity index (χ2n) is 19.8. The van der Waals surface area contributed by atoms with E-state index in [1.165, 1.54) is 47.0 Å². The van der Waals surface area contributed by atoms with Crippen molar-refractivity contribution in [2.75, 3.05) is 66.1 Å². The number of hydrogen-bond acceptors (Lipinski definition) is 12. The van der Waals surface area contributed by atoms with Crippen LogP contribution in [0.1, 0.15) is 108 Å². The third-order valence-corrected chi connectivity index (χ3v) is 16.1. The van der Waals surface area contributed by atoms with Crippen LogP contribution in [0.3, 0.4) is 0 Å². The molecule has 2 aromatic carbocycles. The summed E-state index contributed by atoms with van der Waals surface area (Å²) in [7, 11) is -7.22. The summed E-state index contributed by atoms with van der Waals surface area (Å²) < 4.78 is 106. The van der Waals surface area contributed by atoms with E-state index in [2.05, 4.69) is 29.8 Å².